The molecular formula is C22H23F2N3O3S. The lowest BCUT2D eigenvalue weighted by Gasteiger charge is -2.18. The molecule has 1 atom stereocenters. The van der Waals surface area contributed by atoms with Crippen LogP contribution in [0, 0.1) is 6.92 Å². The van der Waals surface area contributed by atoms with Gasteiger partial charge in [0.15, 0.2) is 0 Å². The zero-order chi connectivity index (χ0) is 22.5. The number of nitrogens with zero attached hydrogens (tertiary/aromatic N) is 2. The van der Waals surface area contributed by atoms with Gasteiger partial charge >= 0.3 is 6.61 Å². The van der Waals surface area contributed by atoms with E-state index in [1.165, 1.54) is 12.1 Å². The predicted molar refractivity (Wildman–Crippen MR) is 116 cm³/mol. The molecule has 31 heavy (non-hydrogen) atoms. The summed E-state index contributed by atoms with van der Waals surface area (Å²) in [5.74, 6) is 0.360. The summed E-state index contributed by atoms with van der Waals surface area (Å²) in [5.41, 5.74) is 3.45. The van der Waals surface area contributed by atoms with Gasteiger partial charge in [-0.2, -0.15) is 8.78 Å². The van der Waals surface area contributed by atoms with E-state index >= 15 is 0 Å². The Morgan fingerprint density at radius 2 is 1.81 bits per heavy atom. The molecule has 0 spiro atoms. The number of rotatable bonds is 8. The number of benzene rings is 2. The van der Waals surface area contributed by atoms with Crippen LogP contribution in [-0.4, -0.2) is 28.0 Å². The first kappa shape index (κ1) is 22.7. The molecule has 0 aliphatic carbocycles. The molecule has 1 amide bonds. The number of aryl methyl sites for hydroxylation is 1. The lowest BCUT2D eigenvalue weighted by Crippen LogP contribution is -2.23. The molecule has 1 heterocycles. The summed E-state index contributed by atoms with van der Waals surface area (Å²) in [7, 11) is 0. The van der Waals surface area contributed by atoms with Crippen LogP contribution in [0.3, 0.4) is 0 Å². The number of halogens is 2. The van der Waals surface area contributed by atoms with Crippen LogP contribution < -0.4 is 10.1 Å². The second-order valence-corrected chi connectivity index (χ2v) is 8.51. The fourth-order valence-electron chi connectivity index (χ4n) is 2.92. The lowest BCUT2D eigenvalue weighted by molar-refractivity contribution is -0.115. The fourth-order valence-corrected chi connectivity index (χ4v) is 3.61. The van der Waals surface area contributed by atoms with E-state index in [0.29, 0.717) is 5.56 Å². The number of carbonyl (C=O) groups is 1. The van der Waals surface area contributed by atoms with Gasteiger partial charge in [-0.3, -0.25) is 4.79 Å². The molecule has 9 heteroatoms. The van der Waals surface area contributed by atoms with E-state index in [2.05, 4.69) is 34.1 Å². The lowest BCUT2D eigenvalue weighted by atomic mass is 9.98. The van der Waals surface area contributed by atoms with Crippen molar-refractivity contribution in [3.63, 3.8) is 0 Å². The zero-order valence-corrected chi connectivity index (χ0v) is 18.4. The number of alkyl halides is 2. The summed E-state index contributed by atoms with van der Waals surface area (Å²) in [6.45, 7) is 4.99. The maximum atomic E-state index is 12.7. The molecule has 1 unspecified atom stereocenters. The predicted octanol–water partition coefficient (Wildman–Crippen LogP) is 5.89. The van der Waals surface area contributed by atoms with Crippen LogP contribution >= 0.6 is 11.8 Å². The van der Waals surface area contributed by atoms with Gasteiger partial charge in [-0.05, 0) is 55.2 Å². The van der Waals surface area contributed by atoms with Crippen LogP contribution in [0.15, 0.2) is 52.1 Å². The van der Waals surface area contributed by atoms with E-state index in [4.69, 9.17) is 4.42 Å². The highest BCUT2D eigenvalue weighted by atomic mass is 32.2. The highest BCUT2D eigenvalue weighted by Gasteiger charge is 2.21. The van der Waals surface area contributed by atoms with Gasteiger partial charge in [0.2, 0.25) is 11.8 Å². The summed E-state index contributed by atoms with van der Waals surface area (Å²) >= 11 is 1.14. The summed E-state index contributed by atoms with van der Waals surface area (Å²) in [4.78, 5) is 12.7. The Hall–Kier alpha value is -2.94. The Balaban J connectivity index is 1.66. The standard InChI is InChI=1S/C22H23F2N3O3S/c1-12(2)17-7-5-6-13(3)18(17)25-19(28)14(4)31-22-27-26-20(30-22)15-8-10-16(11-9-15)29-21(23)24/h5-12,14,21H,1-4H3,(H,25,28). The first-order chi connectivity index (χ1) is 14.7. The molecule has 1 aromatic heterocycles. The molecule has 1 N–H and O–H groups in total. The normalized spacial score (nSPS) is 12.3. The van der Waals surface area contributed by atoms with Crippen molar-refractivity contribution in [3.8, 4) is 17.2 Å². The smallest absolute Gasteiger partial charge is 0.387 e. The minimum absolute atomic E-state index is 0.0372. The van der Waals surface area contributed by atoms with Crippen molar-refractivity contribution in [1.29, 1.82) is 0 Å². The van der Waals surface area contributed by atoms with Crippen LogP contribution in [0.4, 0.5) is 14.5 Å². The number of anilines is 1. The van der Waals surface area contributed by atoms with E-state index in [-0.39, 0.29) is 28.7 Å². The van der Waals surface area contributed by atoms with Gasteiger partial charge in [-0.15, -0.1) is 10.2 Å². The summed E-state index contributed by atoms with van der Waals surface area (Å²) < 4.78 is 34.5. The number of amides is 1. The Morgan fingerprint density at radius 1 is 1.10 bits per heavy atom. The van der Waals surface area contributed by atoms with Gasteiger partial charge in [-0.1, -0.05) is 43.8 Å². The van der Waals surface area contributed by atoms with E-state index in [9.17, 15) is 13.6 Å². The quantitative estimate of drug-likeness (QED) is 0.434. The van der Waals surface area contributed by atoms with Gasteiger partial charge in [0.25, 0.3) is 5.22 Å². The largest absolute Gasteiger partial charge is 0.435 e. The van der Waals surface area contributed by atoms with Gasteiger partial charge in [-0.25, -0.2) is 0 Å². The fraction of sp³-hybridized carbons (Fsp3) is 0.318. The Morgan fingerprint density at radius 3 is 2.45 bits per heavy atom. The molecule has 6 nitrogen and oxygen atoms in total. The first-order valence-electron chi connectivity index (χ1n) is 9.70. The van der Waals surface area contributed by atoms with Crippen LogP contribution in [-0.2, 0) is 4.79 Å². The topological polar surface area (TPSA) is 77.2 Å². The molecule has 0 saturated carbocycles. The van der Waals surface area contributed by atoms with E-state index in [1.807, 2.05) is 25.1 Å². The van der Waals surface area contributed by atoms with E-state index in [0.717, 1.165) is 28.6 Å². The average Bonchev–Trinajstić information content (AvgIpc) is 3.17. The molecule has 0 aliphatic rings. The molecule has 0 aliphatic heterocycles. The van der Waals surface area contributed by atoms with Crippen LogP contribution in [0.5, 0.6) is 5.75 Å². The monoisotopic (exact) mass is 447 g/mol. The molecule has 164 valence electrons. The second-order valence-electron chi connectivity index (χ2n) is 7.22. The number of nitrogens with one attached hydrogen (secondary N) is 1. The Labute approximate surface area is 183 Å². The second kappa shape index (κ2) is 9.91. The van der Waals surface area contributed by atoms with Gasteiger partial charge in [0.05, 0.1) is 5.25 Å². The number of thioether (sulfide) groups is 1. The number of hydrogen-bond donors (Lipinski definition) is 1. The van der Waals surface area contributed by atoms with Gasteiger partial charge in [0.1, 0.15) is 5.75 Å². The Bertz CT molecular complexity index is 1040. The zero-order valence-electron chi connectivity index (χ0n) is 17.6. The highest BCUT2D eigenvalue weighted by molar-refractivity contribution is 8.00. The molecule has 3 rings (SSSR count). The maximum Gasteiger partial charge on any atom is 0.387 e. The van der Waals surface area contributed by atoms with Crippen LogP contribution in [0.2, 0.25) is 0 Å². The highest BCUT2D eigenvalue weighted by Crippen LogP contribution is 2.30. The summed E-state index contributed by atoms with van der Waals surface area (Å²) in [6.07, 6.45) is 0. The molecule has 0 bridgehead atoms. The van der Waals surface area contributed by atoms with Crippen molar-refractivity contribution in [2.45, 2.75) is 50.7 Å². The number of ether oxygens (including phenoxy) is 1. The van der Waals surface area contributed by atoms with Gasteiger partial charge < -0.3 is 14.5 Å². The van der Waals surface area contributed by atoms with Crippen molar-refractivity contribution < 1.29 is 22.7 Å². The molecule has 3 aromatic rings. The molecule has 0 saturated heterocycles. The first-order valence-corrected chi connectivity index (χ1v) is 10.6. The number of aromatic nitrogens is 2. The van der Waals surface area contributed by atoms with E-state index in [1.54, 1.807) is 19.1 Å². The van der Waals surface area contributed by atoms with Crippen LogP contribution in [0.25, 0.3) is 11.5 Å². The maximum absolute atomic E-state index is 12.7. The van der Waals surface area contributed by atoms with Crippen molar-refractivity contribution in [3.05, 3.63) is 53.6 Å². The van der Waals surface area contributed by atoms with Crippen LogP contribution in [0.1, 0.15) is 37.8 Å². The van der Waals surface area contributed by atoms with Crippen molar-refractivity contribution in [2.24, 2.45) is 0 Å². The third kappa shape index (κ3) is 5.81. The van der Waals surface area contributed by atoms with E-state index < -0.39 is 11.9 Å². The third-order valence-corrected chi connectivity index (χ3v) is 5.49. The molecule has 0 fully saturated rings. The SMILES string of the molecule is Cc1cccc(C(C)C)c1NC(=O)C(C)Sc1nnc(-c2ccc(OC(F)F)cc2)o1. The number of carbonyl (C=O) groups excluding carboxylic acids is 1. The van der Waals surface area contributed by atoms with Crippen molar-refractivity contribution in [1.82, 2.24) is 10.2 Å². The van der Waals surface area contributed by atoms with Crippen molar-refractivity contribution >= 4 is 23.4 Å². The average molecular weight is 448 g/mol. The summed E-state index contributed by atoms with van der Waals surface area (Å²) in [5, 5.41) is 10.7. The molecule has 2 aromatic carbocycles. The minimum atomic E-state index is -2.89. The van der Waals surface area contributed by atoms with Crippen molar-refractivity contribution in [2.75, 3.05) is 5.32 Å². The molecule has 0 radical (unpaired) electrons. The summed E-state index contributed by atoms with van der Waals surface area (Å²) in [6, 6.07) is 11.8. The molecular weight excluding hydrogens is 424 g/mol. The van der Waals surface area contributed by atoms with Gasteiger partial charge in [0, 0.05) is 11.3 Å². The third-order valence-electron chi connectivity index (χ3n) is 4.55. The Kier molecular flexibility index (Phi) is 7.27. The number of hydrogen-bond acceptors (Lipinski definition) is 6. The minimum Gasteiger partial charge on any atom is -0.435 e. The number of para-hydroxylation sites is 1.